The second-order valence-corrected chi connectivity index (χ2v) is 3.57. The van der Waals surface area contributed by atoms with Gasteiger partial charge in [0.25, 0.3) is 0 Å². The van der Waals surface area contributed by atoms with Crippen molar-refractivity contribution in [2.75, 3.05) is 6.61 Å². The minimum atomic E-state index is -0.272. The molecule has 0 N–H and O–H groups in total. The van der Waals surface area contributed by atoms with Gasteiger partial charge < -0.3 is 4.74 Å². The molecule has 0 bridgehead atoms. The van der Waals surface area contributed by atoms with Crippen molar-refractivity contribution in [1.82, 2.24) is 4.98 Å². The summed E-state index contributed by atoms with van der Waals surface area (Å²) < 4.78 is 5.34. The lowest BCUT2D eigenvalue weighted by molar-refractivity contribution is 0.261. The Morgan fingerprint density at radius 2 is 2.07 bits per heavy atom. The van der Waals surface area contributed by atoms with Crippen LogP contribution in [0, 0.1) is 0 Å². The largest absolute Gasteiger partial charge is 0.488 e. The summed E-state index contributed by atoms with van der Waals surface area (Å²) in [6, 6.07) is 3.38. The van der Waals surface area contributed by atoms with Crippen LogP contribution in [0.1, 0.15) is 39.0 Å². The molecule has 3 heteroatoms. The highest BCUT2D eigenvalue weighted by Crippen LogP contribution is 2.22. The quantitative estimate of drug-likeness (QED) is 0.643. The normalized spacial score (nSPS) is 10.2. The molecule has 1 rings (SSSR count). The summed E-state index contributed by atoms with van der Waals surface area (Å²) in [5.41, 5.74) is 0. The molecular formula is C12H18NO2. The number of aromatic nitrogens is 1. The van der Waals surface area contributed by atoms with Crippen LogP contribution in [0.15, 0.2) is 18.3 Å². The van der Waals surface area contributed by atoms with Gasteiger partial charge in [0, 0.05) is 6.20 Å². The van der Waals surface area contributed by atoms with E-state index < -0.39 is 0 Å². The van der Waals surface area contributed by atoms with Crippen LogP contribution in [0.3, 0.4) is 0 Å². The van der Waals surface area contributed by atoms with Crippen molar-refractivity contribution in [3.63, 3.8) is 0 Å². The zero-order chi connectivity index (χ0) is 10.9. The van der Waals surface area contributed by atoms with Gasteiger partial charge in [-0.2, -0.15) is 0 Å². The smallest absolute Gasteiger partial charge is 0.311 e. The lowest BCUT2D eigenvalue weighted by Crippen LogP contribution is -1.97. The van der Waals surface area contributed by atoms with E-state index in [1.54, 1.807) is 12.1 Å². The summed E-state index contributed by atoms with van der Waals surface area (Å²) in [6.07, 6.45) is 7.43. The maximum absolute atomic E-state index is 11.1. The highest BCUT2D eigenvalue weighted by molar-refractivity contribution is 5.30. The first kappa shape index (κ1) is 11.8. The number of hydrogen-bond acceptors (Lipinski definition) is 2. The van der Waals surface area contributed by atoms with Gasteiger partial charge in [0.1, 0.15) is 0 Å². The summed E-state index contributed by atoms with van der Waals surface area (Å²) in [6.45, 7) is 2.81. The fraction of sp³-hybridized carbons (Fsp3) is 0.583. The average molecular weight is 208 g/mol. The van der Waals surface area contributed by atoms with E-state index in [0.29, 0.717) is 12.4 Å². The third kappa shape index (κ3) is 4.68. The van der Waals surface area contributed by atoms with E-state index in [0.717, 1.165) is 6.42 Å². The van der Waals surface area contributed by atoms with Gasteiger partial charge >= 0.3 is 5.88 Å². The molecule has 0 amide bonds. The first-order valence-electron chi connectivity index (χ1n) is 5.59. The fourth-order valence-corrected chi connectivity index (χ4v) is 1.37. The van der Waals surface area contributed by atoms with Crippen LogP contribution in [0.2, 0.25) is 0 Å². The van der Waals surface area contributed by atoms with Crippen LogP contribution < -0.4 is 4.74 Å². The molecule has 0 unspecified atom stereocenters. The van der Waals surface area contributed by atoms with Crippen molar-refractivity contribution < 1.29 is 9.84 Å². The SMILES string of the molecule is CCCCCCCOc1cccnc1[O]. The molecule has 0 aliphatic heterocycles. The summed E-state index contributed by atoms with van der Waals surface area (Å²) in [5.74, 6) is 0.0963. The van der Waals surface area contributed by atoms with Crippen molar-refractivity contribution in [2.24, 2.45) is 0 Å². The number of rotatable bonds is 7. The third-order valence-electron chi connectivity index (χ3n) is 2.24. The van der Waals surface area contributed by atoms with Gasteiger partial charge in [-0.1, -0.05) is 32.6 Å². The Hall–Kier alpha value is -1.25. The molecule has 1 aromatic rings. The standard InChI is InChI=1S/C12H18NO2/c1-2-3-4-5-6-10-15-11-8-7-9-13-12(11)14/h7-9H,2-6,10H2,1H3. The molecule has 0 atom stereocenters. The second kappa shape index (κ2) is 7.10. The maximum Gasteiger partial charge on any atom is 0.311 e. The van der Waals surface area contributed by atoms with Crippen molar-refractivity contribution >= 4 is 0 Å². The van der Waals surface area contributed by atoms with Gasteiger partial charge in [-0.3, -0.25) is 5.11 Å². The lowest BCUT2D eigenvalue weighted by atomic mass is 10.2. The Labute approximate surface area is 91.1 Å². The molecule has 0 saturated carbocycles. The van der Waals surface area contributed by atoms with E-state index in [4.69, 9.17) is 4.74 Å². The molecule has 0 saturated heterocycles. The van der Waals surface area contributed by atoms with Gasteiger partial charge in [0.15, 0.2) is 5.75 Å². The molecule has 1 radical (unpaired) electrons. The Bertz CT molecular complexity index is 276. The third-order valence-corrected chi connectivity index (χ3v) is 2.24. The Kier molecular flexibility index (Phi) is 5.59. The molecular weight excluding hydrogens is 190 g/mol. The van der Waals surface area contributed by atoms with Crippen LogP contribution in [-0.4, -0.2) is 11.6 Å². The molecule has 1 aromatic heterocycles. The predicted octanol–water partition coefficient (Wildman–Crippen LogP) is 3.57. The maximum atomic E-state index is 11.1. The highest BCUT2D eigenvalue weighted by atomic mass is 16.5. The first-order valence-corrected chi connectivity index (χ1v) is 5.59. The Morgan fingerprint density at radius 3 is 2.80 bits per heavy atom. The second-order valence-electron chi connectivity index (χ2n) is 3.57. The number of ether oxygens (including phenoxy) is 1. The molecule has 0 fully saturated rings. The Morgan fingerprint density at radius 1 is 1.27 bits per heavy atom. The Balaban J connectivity index is 2.12. The van der Waals surface area contributed by atoms with Gasteiger partial charge in [0.05, 0.1) is 6.61 Å². The van der Waals surface area contributed by atoms with Crippen molar-refractivity contribution in [3.8, 4) is 11.6 Å². The van der Waals surface area contributed by atoms with E-state index in [1.165, 1.54) is 31.9 Å². The summed E-state index contributed by atoms with van der Waals surface area (Å²) >= 11 is 0. The average Bonchev–Trinajstić information content (AvgIpc) is 2.25. The van der Waals surface area contributed by atoms with Crippen LogP contribution in [-0.2, 0) is 5.11 Å². The number of pyridine rings is 1. The minimum absolute atomic E-state index is 0.272. The number of hydrogen-bond donors (Lipinski definition) is 0. The van der Waals surface area contributed by atoms with E-state index in [-0.39, 0.29) is 5.88 Å². The zero-order valence-corrected chi connectivity index (χ0v) is 9.24. The van der Waals surface area contributed by atoms with E-state index >= 15 is 0 Å². The summed E-state index contributed by atoms with van der Waals surface area (Å²) in [5, 5.41) is 11.1. The van der Waals surface area contributed by atoms with Crippen LogP contribution in [0.25, 0.3) is 0 Å². The van der Waals surface area contributed by atoms with E-state index in [9.17, 15) is 5.11 Å². The number of unbranched alkanes of at least 4 members (excludes halogenated alkanes) is 4. The molecule has 3 nitrogen and oxygen atoms in total. The molecule has 0 aliphatic rings. The molecule has 0 spiro atoms. The summed E-state index contributed by atoms with van der Waals surface area (Å²) in [7, 11) is 0. The predicted molar refractivity (Wildman–Crippen MR) is 58.6 cm³/mol. The van der Waals surface area contributed by atoms with Gasteiger partial charge in [-0.25, -0.2) is 4.98 Å². The van der Waals surface area contributed by atoms with Gasteiger partial charge in [-0.05, 0) is 18.6 Å². The van der Waals surface area contributed by atoms with Crippen molar-refractivity contribution in [1.29, 1.82) is 0 Å². The highest BCUT2D eigenvalue weighted by Gasteiger charge is 2.02. The molecule has 83 valence electrons. The molecule has 0 aromatic carbocycles. The number of nitrogens with zero attached hydrogens (tertiary/aromatic N) is 1. The molecule has 0 aliphatic carbocycles. The summed E-state index contributed by atoms with van der Waals surface area (Å²) in [4.78, 5) is 3.63. The van der Waals surface area contributed by atoms with Gasteiger partial charge in [0.2, 0.25) is 0 Å². The van der Waals surface area contributed by atoms with Crippen molar-refractivity contribution in [2.45, 2.75) is 39.0 Å². The molecule has 15 heavy (non-hydrogen) atoms. The van der Waals surface area contributed by atoms with E-state index in [1.807, 2.05) is 0 Å². The topological polar surface area (TPSA) is 42.0 Å². The monoisotopic (exact) mass is 208 g/mol. The van der Waals surface area contributed by atoms with Gasteiger partial charge in [-0.15, -0.1) is 0 Å². The lowest BCUT2D eigenvalue weighted by Gasteiger charge is -2.05. The van der Waals surface area contributed by atoms with Crippen LogP contribution >= 0.6 is 0 Å². The molecule has 1 heterocycles. The van der Waals surface area contributed by atoms with E-state index in [2.05, 4.69) is 11.9 Å². The van der Waals surface area contributed by atoms with Crippen LogP contribution in [0.4, 0.5) is 0 Å². The minimum Gasteiger partial charge on any atom is -0.488 e. The fourth-order valence-electron chi connectivity index (χ4n) is 1.37. The van der Waals surface area contributed by atoms with Crippen molar-refractivity contribution in [3.05, 3.63) is 18.3 Å². The van der Waals surface area contributed by atoms with Crippen LogP contribution in [0.5, 0.6) is 11.6 Å². The zero-order valence-electron chi connectivity index (χ0n) is 9.24. The first-order chi connectivity index (χ1) is 7.34.